The Morgan fingerprint density at radius 1 is 1.38 bits per heavy atom. The van der Waals surface area contributed by atoms with E-state index in [0.717, 1.165) is 6.42 Å². The van der Waals surface area contributed by atoms with Gasteiger partial charge in [0.05, 0.1) is 6.10 Å². The van der Waals surface area contributed by atoms with Crippen LogP contribution in [0.2, 0.25) is 0 Å². The molecule has 2 N–H and O–H groups in total. The lowest BCUT2D eigenvalue weighted by Crippen LogP contribution is -2.09. The van der Waals surface area contributed by atoms with Gasteiger partial charge in [0.2, 0.25) is 0 Å². The maximum atomic E-state index is 9.35. The van der Waals surface area contributed by atoms with E-state index in [0.29, 0.717) is 5.75 Å². The summed E-state index contributed by atoms with van der Waals surface area (Å²) in [5.41, 5.74) is 0. The van der Waals surface area contributed by atoms with Crippen LogP contribution in [0.5, 0.6) is 17.2 Å². The molecule has 3 heteroatoms. The standard InChI is InChI=1S/C10H14O3/c1-3-7(2)13-10-5-4-8(11)6-9(10)12/h4-7,11-12H,3H2,1-2H3. The highest BCUT2D eigenvalue weighted by Gasteiger charge is 2.06. The Kier molecular flexibility index (Phi) is 3.01. The normalized spacial score (nSPS) is 12.5. The van der Waals surface area contributed by atoms with Crippen LogP contribution in [0.3, 0.4) is 0 Å². The molecule has 0 fully saturated rings. The highest BCUT2D eigenvalue weighted by atomic mass is 16.5. The van der Waals surface area contributed by atoms with Crippen molar-refractivity contribution < 1.29 is 14.9 Å². The summed E-state index contributed by atoms with van der Waals surface area (Å²) in [5, 5.41) is 18.4. The van der Waals surface area contributed by atoms with E-state index in [2.05, 4.69) is 0 Å². The summed E-state index contributed by atoms with van der Waals surface area (Å²) in [7, 11) is 0. The molecule has 0 heterocycles. The predicted octanol–water partition coefficient (Wildman–Crippen LogP) is 2.28. The zero-order valence-corrected chi connectivity index (χ0v) is 7.82. The van der Waals surface area contributed by atoms with E-state index >= 15 is 0 Å². The zero-order chi connectivity index (χ0) is 9.84. The van der Waals surface area contributed by atoms with Gasteiger partial charge in [-0.3, -0.25) is 0 Å². The molecule has 3 nitrogen and oxygen atoms in total. The number of benzene rings is 1. The van der Waals surface area contributed by atoms with E-state index in [1.807, 2.05) is 13.8 Å². The average molecular weight is 182 g/mol. The monoisotopic (exact) mass is 182 g/mol. The molecule has 0 amide bonds. The molecule has 0 spiro atoms. The van der Waals surface area contributed by atoms with Gasteiger partial charge in [0, 0.05) is 6.07 Å². The van der Waals surface area contributed by atoms with Gasteiger partial charge >= 0.3 is 0 Å². The van der Waals surface area contributed by atoms with Crippen LogP contribution < -0.4 is 4.74 Å². The molecule has 1 aromatic carbocycles. The first-order chi connectivity index (χ1) is 6.13. The lowest BCUT2D eigenvalue weighted by atomic mass is 10.3. The van der Waals surface area contributed by atoms with Crippen LogP contribution in [0.1, 0.15) is 20.3 Å². The van der Waals surface area contributed by atoms with Crippen LogP contribution in [-0.2, 0) is 0 Å². The maximum absolute atomic E-state index is 9.35. The molecule has 13 heavy (non-hydrogen) atoms. The molecule has 0 aliphatic heterocycles. The Morgan fingerprint density at radius 2 is 2.08 bits per heavy atom. The maximum Gasteiger partial charge on any atom is 0.161 e. The van der Waals surface area contributed by atoms with Crippen LogP contribution in [0.4, 0.5) is 0 Å². The van der Waals surface area contributed by atoms with Crippen LogP contribution in [0.25, 0.3) is 0 Å². The highest BCUT2D eigenvalue weighted by molar-refractivity contribution is 5.43. The zero-order valence-electron chi connectivity index (χ0n) is 7.82. The minimum atomic E-state index is -0.0275. The first-order valence-electron chi connectivity index (χ1n) is 4.32. The van der Waals surface area contributed by atoms with E-state index < -0.39 is 0 Å². The van der Waals surface area contributed by atoms with Crippen molar-refractivity contribution in [2.24, 2.45) is 0 Å². The Labute approximate surface area is 77.6 Å². The summed E-state index contributed by atoms with van der Waals surface area (Å²) >= 11 is 0. The second-order valence-electron chi connectivity index (χ2n) is 2.99. The summed E-state index contributed by atoms with van der Waals surface area (Å²) in [6.45, 7) is 3.93. The summed E-state index contributed by atoms with van der Waals surface area (Å²) < 4.78 is 5.39. The van der Waals surface area contributed by atoms with Gasteiger partial charge < -0.3 is 14.9 Å². The topological polar surface area (TPSA) is 49.7 Å². The Morgan fingerprint density at radius 3 is 2.62 bits per heavy atom. The quantitative estimate of drug-likeness (QED) is 0.753. The van der Waals surface area contributed by atoms with Gasteiger partial charge in [0.15, 0.2) is 11.5 Å². The smallest absolute Gasteiger partial charge is 0.161 e. The molecule has 0 aromatic heterocycles. The summed E-state index contributed by atoms with van der Waals surface area (Å²) in [6, 6.07) is 4.30. The Hall–Kier alpha value is -1.38. The molecule has 0 aliphatic rings. The minimum absolute atomic E-state index is 0.0275. The lowest BCUT2D eigenvalue weighted by Gasteiger charge is -2.13. The molecule has 1 aromatic rings. The first kappa shape index (κ1) is 9.71. The van der Waals surface area contributed by atoms with Gasteiger partial charge in [-0.15, -0.1) is 0 Å². The summed E-state index contributed by atoms with van der Waals surface area (Å²) in [5.74, 6) is 0.418. The van der Waals surface area contributed by atoms with Crippen molar-refractivity contribution in [2.75, 3.05) is 0 Å². The van der Waals surface area contributed by atoms with Gasteiger partial charge in [0.1, 0.15) is 5.75 Å². The van der Waals surface area contributed by atoms with Crippen LogP contribution in [0, 0.1) is 0 Å². The summed E-state index contributed by atoms with van der Waals surface area (Å²) in [4.78, 5) is 0. The predicted molar refractivity (Wildman–Crippen MR) is 50.2 cm³/mol. The third-order valence-corrected chi connectivity index (χ3v) is 1.85. The van der Waals surface area contributed by atoms with E-state index in [9.17, 15) is 5.11 Å². The Bertz CT molecular complexity index is 283. The number of phenols is 2. The average Bonchev–Trinajstić information content (AvgIpc) is 2.09. The van der Waals surface area contributed by atoms with E-state index in [1.54, 1.807) is 6.07 Å². The fourth-order valence-corrected chi connectivity index (χ4v) is 0.906. The van der Waals surface area contributed by atoms with Crippen molar-refractivity contribution in [1.29, 1.82) is 0 Å². The second kappa shape index (κ2) is 4.03. The fraction of sp³-hybridized carbons (Fsp3) is 0.400. The fourth-order valence-electron chi connectivity index (χ4n) is 0.906. The van der Waals surface area contributed by atoms with Gasteiger partial charge in [-0.25, -0.2) is 0 Å². The Balaban J connectivity index is 2.77. The summed E-state index contributed by atoms with van der Waals surface area (Å²) in [6.07, 6.45) is 0.941. The van der Waals surface area contributed by atoms with Crippen molar-refractivity contribution in [2.45, 2.75) is 26.4 Å². The van der Waals surface area contributed by atoms with Gasteiger partial charge in [-0.2, -0.15) is 0 Å². The van der Waals surface area contributed by atoms with Gasteiger partial charge in [-0.05, 0) is 25.5 Å². The van der Waals surface area contributed by atoms with Crippen LogP contribution in [0.15, 0.2) is 18.2 Å². The molecule has 0 bridgehead atoms. The molecular weight excluding hydrogens is 168 g/mol. The van der Waals surface area contributed by atoms with Crippen molar-refractivity contribution in [3.8, 4) is 17.2 Å². The SMILES string of the molecule is CCC(C)Oc1ccc(O)cc1O. The number of hydrogen-bond donors (Lipinski definition) is 2. The molecule has 0 saturated heterocycles. The van der Waals surface area contributed by atoms with Crippen molar-refractivity contribution in [1.82, 2.24) is 0 Å². The van der Waals surface area contributed by atoms with E-state index in [1.165, 1.54) is 12.1 Å². The van der Waals surface area contributed by atoms with Crippen LogP contribution in [-0.4, -0.2) is 16.3 Å². The number of rotatable bonds is 3. The third-order valence-electron chi connectivity index (χ3n) is 1.85. The number of phenolic OH excluding ortho intramolecular Hbond substituents is 2. The molecule has 0 radical (unpaired) electrons. The third kappa shape index (κ3) is 2.54. The molecule has 0 saturated carbocycles. The van der Waals surface area contributed by atoms with E-state index in [4.69, 9.17) is 9.84 Å². The largest absolute Gasteiger partial charge is 0.508 e. The molecule has 72 valence electrons. The lowest BCUT2D eigenvalue weighted by molar-refractivity contribution is 0.208. The molecule has 0 aliphatic carbocycles. The van der Waals surface area contributed by atoms with Gasteiger partial charge in [-0.1, -0.05) is 6.92 Å². The molecule has 1 rings (SSSR count). The van der Waals surface area contributed by atoms with E-state index in [-0.39, 0.29) is 17.6 Å². The number of ether oxygens (including phenoxy) is 1. The second-order valence-corrected chi connectivity index (χ2v) is 2.99. The van der Waals surface area contributed by atoms with Crippen molar-refractivity contribution >= 4 is 0 Å². The number of aromatic hydroxyl groups is 2. The van der Waals surface area contributed by atoms with Crippen molar-refractivity contribution in [3.05, 3.63) is 18.2 Å². The first-order valence-corrected chi connectivity index (χ1v) is 4.32. The number of hydrogen-bond acceptors (Lipinski definition) is 3. The van der Waals surface area contributed by atoms with Crippen LogP contribution >= 0.6 is 0 Å². The minimum Gasteiger partial charge on any atom is -0.508 e. The molecule has 1 atom stereocenters. The van der Waals surface area contributed by atoms with Crippen molar-refractivity contribution in [3.63, 3.8) is 0 Å². The highest BCUT2D eigenvalue weighted by Crippen LogP contribution is 2.30. The molecule has 1 unspecified atom stereocenters. The van der Waals surface area contributed by atoms with Gasteiger partial charge in [0.25, 0.3) is 0 Å². The molecular formula is C10H14O3.